The van der Waals surface area contributed by atoms with E-state index in [9.17, 15) is 22.4 Å². The molecule has 1 aromatic heterocycles. The Hall–Kier alpha value is -3.43. The number of amides is 1. The molecule has 0 spiro atoms. The lowest BCUT2D eigenvalue weighted by atomic mass is 10.0. The van der Waals surface area contributed by atoms with Gasteiger partial charge in [-0.3, -0.25) is 9.89 Å². The zero-order valence-corrected chi connectivity index (χ0v) is 16.9. The minimum Gasteiger partial charge on any atom is -0.484 e. The highest BCUT2D eigenvalue weighted by molar-refractivity contribution is 5.78. The van der Waals surface area contributed by atoms with Crippen LogP contribution in [-0.4, -0.2) is 39.1 Å². The summed E-state index contributed by atoms with van der Waals surface area (Å²) in [5, 5.41) is 6.74. The molecule has 1 aliphatic rings. The Bertz CT molecular complexity index is 1090. The van der Waals surface area contributed by atoms with Gasteiger partial charge in [0.25, 0.3) is 5.91 Å². The number of carbonyl (C=O) groups is 1. The summed E-state index contributed by atoms with van der Waals surface area (Å²) in [6.45, 7) is 0.362. The molecule has 0 saturated carbocycles. The number of alkyl halides is 3. The SMILES string of the molecule is O=C(COc1ccccc1)N1CCCCC1c1nc(-c2ccc(F)c(C(F)(F)F)c2)n[nH]1. The lowest BCUT2D eigenvalue weighted by molar-refractivity contribution is -0.140. The highest BCUT2D eigenvalue weighted by Gasteiger charge is 2.35. The van der Waals surface area contributed by atoms with Crippen LogP contribution in [0.1, 0.15) is 36.7 Å². The van der Waals surface area contributed by atoms with Crippen molar-refractivity contribution in [3.63, 3.8) is 0 Å². The van der Waals surface area contributed by atoms with Gasteiger partial charge < -0.3 is 9.64 Å². The maximum absolute atomic E-state index is 13.6. The molecule has 0 bridgehead atoms. The minimum absolute atomic E-state index is 0.00371. The Kier molecular flexibility index (Phi) is 6.11. The molecule has 6 nitrogen and oxygen atoms in total. The Morgan fingerprint density at radius 1 is 1.16 bits per heavy atom. The number of para-hydroxylation sites is 1. The Morgan fingerprint density at radius 2 is 1.94 bits per heavy atom. The fraction of sp³-hybridized carbons (Fsp3) is 0.318. The number of hydrogen-bond donors (Lipinski definition) is 1. The van der Waals surface area contributed by atoms with Crippen molar-refractivity contribution in [2.45, 2.75) is 31.5 Å². The van der Waals surface area contributed by atoms with Gasteiger partial charge in [0.1, 0.15) is 17.4 Å². The molecule has 1 saturated heterocycles. The number of aromatic nitrogens is 3. The van der Waals surface area contributed by atoms with Crippen molar-refractivity contribution < 1.29 is 27.1 Å². The summed E-state index contributed by atoms with van der Waals surface area (Å²) >= 11 is 0. The zero-order chi connectivity index (χ0) is 22.7. The van der Waals surface area contributed by atoms with Crippen LogP contribution in [0.5, 0.6) is 5.75 Å². The number of rotatable bonds is 5. The van der Waals surface area contributed by atoms with Crippen molar-refractivity contribution >= 4 is 5.91 Å². The van der Waals surface area contributed by atoms with Crippen LogP contribution < -0.4 is 4.74 Å². The summed E-state index contributed by atoms with van der Waals surface area (Å²) < 4.78 is 58.2. The number of halogens is 4. The molecular formula is C22H20F4N4O2. The highest BCUT2D eigenvalue weighted by Crippen LogP contribution is 2.34. The summed E-state index contributed by atoms with van der Waals surface area (Å²) in [5.74, 6) is -0.639. The number of hydrogen-bond acceptors (Lipinski definition) is 4. The van der Waals surface area contributed by atoms with Gasteiger partial charge in [-0.25, -0.2) is 9.37 Å². The normalized spacial score (nSPS) is 16.8. The van der Waals surface area contributed by atoms with Crippen molar-refractivity contribution in [2.24, 2.45) is 0 Å². The highest BCUT2D eigenvalue weighted by atomic mass is 19.4. The van der Waals surface area contributed by atoms with Crippen molar-refractivity contribution in [1.82, 2.24) is 20.1 Å². The number of piperidine rings is 1. The topological polar surface area (TPSA) is 71.1 Å². The fourth-order valence-electron chi connectivity index (χ4n) is 3.69. The van der Waals surface area contributed by atoms with E-state index in [-0.39, 0.29) is 23.9 Å². The summed E-state index contributed by atoms with van der Waals surface area (Å²) in [6, 6.07) is 11.2. The first-order valence-corrected chi connectivity index (χ1v) is 10.1. The number of benzene rings is 2. The van der Waals surface area contributed by atoms with Crippen LogP contribution in [0, 0.1) is 5.82 Å². The summed E-state index contributed by atoms with van der Waals surface area (Å²) in [7, 11) is 0. The molecule has 168 valence electrons. The standard InChI is InChI=1S/C22H20F4N4O2/c23-17-10-9-14(12-16(17)22(24,25)26)20-27-21(29-28-20)18-8-4-5-11-30(18)19(31)13-32-15-6-2-1-3-7-15/h1-3,6-7,9-10,12,18H,4-5,8,11,13H2,(H,27,28,29). The van der Waals surface area contributed by atoms with E-state index in [4.69, 9.17) is 4.74 Å². The first-order chi connectivity index (χ1) is 15.3. The van der Waals surface area contributed by atoms with Gasteiger partial charge >= 0.3 is 6.18 Å². The molecule has 3 aromatic rings. The van der Waals surface area contributed by atoms with Crippen molar-refractivity contribution in [3.05, 3.63) is 65.7 Å². The number of ether oxygens (including phenoxy) is 1. The smallest absolute Gasteiger partial charge is 0.419 e. The summed E-state index contributed by atoms with van der Waals surface area (Å²) in [5.41, 5.74) is -1.35. The maximum Gasteiger partial charge on any atom is 0.419 e. The van der Waals surface area contributed by atoms with E-state index in [0.29, 0.717) is 30.6 Å². The van der Waals surface area contributed by atoms with Gasteiger partial charge in [-0.05, 0) is 49.6 Å². The van der Waals surface area contributed by atoms with Crippen LogP contribution in [0.2, 0.25) is 0 Å². The maximum atomic E-state index is 13.6. The molecule has 10 heteroatoms. The monoisotopic (exact) mass is 448 g/mol. The van der Waals surface area contributed by atoms with Crippen molar-refractivity contribution in [1.29, 1.82) is 0 Å². The molecule has 1 aliphatic heterocycles. The predicted molar refractivity (Wildman–Crippen MR) is 107 cm³/mol. The van der Waals surface area contributed by atoms with Crippen molar-refractivity contribution in [2.75, 3.05) is 13.2 Å². The Labute approximate surface area is 181 Å². The van der Waals surface area contributed by atoms with Gasteiger partial charge in [0.2, 0.25) is 0 Å². The molecule has 2 aromatic carbocycles. The van der Waals surface area contributed by atoms with Crippen LogP contribution in [0.25, 0.3) is 11.4 Å². The number of nitrogens with zero attached hydrogens (tertiary/aromatic N) is 3. The molecule has 1 amide bonds. The second-order valence-electron chi connectivity index (χ2n) is 7.44. The van der Waals surface area contributed by atoms with Crippen LogP contribution in [0.4, 0.5) is 17.6 Å². The molecule has 4 rings (SSSR count). The Morgan fingerprint density at radius 3 is 2.69 bits per heavy atom. The van der Waals surface area contributed by atoms with Gasteiger partial charge in [-0.15, -0.1) is 0 Å². The molecule has 1 unspecified atom stereocenters. The molecule has 1 atom stereocenters. The van der Waals surface area contributed by atoms with Gasteiger partial charge in [-0.1, -0.05) is 18.2 Å². The van der Waals surface area contributed by atoms with Crippen LogP contribution in [0.15, 0.2) is 48.5 Å². The second kappa shape index (κ2) is 8.97. The zero-order valence-electron chi connectivity index (χ0n) is 16.9. The molecule has 1 N–H and O–H groups in total. The number of H-pyrrole nitrogens is 1. The third kappa shape index (κ3) is 4.74. The third-order valence-electron chi connectivity index (χ3n) is 5.28. The number of likely N-dealkylation sites (tertiary alicyclic amines) is 1. The van der Waals surface area contributed by atoms with Crippen LogP contribution >= 0.6 is 0 Å². The minimum atomic E-state index is -4.83. The molecule has 1 fully saturated rings. The van der Waals surface area contributed by atoms with E-state index in [2.05, 4.69) is 15.2 Å². The third-order valence-corrected chi connectivity index (χ3v) is 5.28. The van der Waals surface area contributed by atoms with E-state index >= 15 is 0 Å². The molecule has 0 radical (unpaired) electrons. The van der Waals surface area contributed by atoms with Gasteiger partial charge in [0, 0.05) is 12.1 Å². The Balaban J connectivity index is 1.52. The van der Waals surface area contributed by atoms with Crippen LogP contribution in [0.3, 0.4) is 0 Å². The predicted octanol–water partition coefficient (Wildman–Crippen LogP) is 4.76. The fourth-order valence-corrected chi connectivity index (χ4v) is 3.69. The quantitative estimate of drug-likeness (QED) is 0.572. The largest absolute Gasteiger partial charge is 0.484 e. The van der Waals surface area contributed by atoms with E-state index < -0.39 is 23.6 Å². The summed E-state index contributed by atoms with van der Waals surface area (Å²) in [4.78, 5) is 18.8. The second-order valence-corrected chi connectivity index (χ2v) is 7.44. The average molecular weight is 448 g/mol. The molecule has 32 heavy (non-hydrogen) atoms. The van der Waals surface area contributed by atoms with E-state index in [1.165, 1.54) is 6.07 Å². The first kappa shape index (κ1) is 21.8. The summed E-state index contributed by atoms with van der Waals surface area (Å²) in [6.07, 6.45) is -2.52. The lowest BCUT2D eigenvalue weighted by Crippen LogP contribution is -2.41. The van der Waals surface area contributed by atoms with E-state index in [1.807, 2.05) is 6.07 Å². The number of nitrogens with one attached hydrogen (secondary N) is 1. The van der Waals surface area contributed by atoms with Crippen LogP contribution in [-0.2, 0) is 11.0 Å². The van der Waals surface area contributed by atoms with Gasteiger partial charge in [0.15, 0.2) is 12.4 Å². The van der Waals surface area contributed by atoms with E-state index in [1.54, 1.807) is 29.2 Å². The lowest BCUT2D eigenvalue weighted by Gasteiger charge is -2.34. The molecule has 0 aliphatic carbocycles. The average Bonchev–Trinajstić information content (AvgIpc) is 3.28. The molecule has 2 heterocycles. The number of aromatic amines is 1. The number of carbonyl (C=O) groups excluding carboxylic acids is 1. The van der Waals surface area contributed by atoms with Crippen molar-refractivity contribution in [3.8, 4) is 17.1 Å². The first-order valence-electron chi connectivity index (χ1n) is 10.1. The van der Waals surface area contributed by atoms with Gasteiger partial charge in [0.05, 0.1) is 11.6 Å². The van der Waals surface area contributed by atoms with Gasteiger partial charge in [-0.2, -0.15) is 18.3 Å². The van der Waals surface area contributed by atoms with E-state index in [0.717, 1.165) is 18.9 Å². The molecular weight excluding hydrogens is 428 g/mol.